The molecule has 0 bridgehead atoms. The van der Waals surface area contributed by atoms with E-state index < -0.39 is 5.54 Å². The molecule has 0 aromatic carbocycles. The van der Waals surface area contributed by atoms with Crippen molar-refractivity contribution in [2.45, 2.75) is 64.0 Å². The fraction of sp³-hybridized carbons (Fsp3) is 0.929. The average molecular weight is 256 g/mol. The predicted molar refractivity (Wildman–Crippen MR) is 73.3 cm³/mol. The largest absolute Gasteiger partial charge is 0.468 e. The summed E-state index contributed by atoms with van der Waals surface area (Å²) in [5.74, 6) is -0.314. The summed E-state index contributed by atoms with van der Waals surface area (Å²) in [7, 11) is 1.39. The SMILES string of the molecule is COC(=O)C(C)(N)CCCN1CCCCCC1C. The standard InChI is InChI=1S/C14H28N2O2/c1-12-8-5-4-6-10-16(12)11-7-9-14(2,15)13(17)18-3/h12H,4-11,15H2,1-3H3. The highest BCUT2D eigenvalue weighted by molar-refractivity contribution is 5.79. The Morgan fingerprint density at radius 1 is 1.44 bits per heavy atom. The number of ether oxygens (including phenoxy) is 1. The number of hydrogen-bond acceptors (Lipinski definition) is 4. The van der Waals surface area contributed by atoms with Crippen LogP contribution in [0.3, 0.4) is 0 Å². The summed E-state index contributed by atoms with van der Waals surface area (Å²) in [5.41, 5.74) is 5.12. The average Bonchev–Trinajstić information content (AvgIpc) is 2.53. The Balaban J connectivity index is 2.33. The van der Waals surface area contributed by atoms with Crippen LogP contribution in [0.5, 0.6) is 0 Å². The van der Waals surface area contributed by atoms with Gasteiger partial charge in [-0.15, -0.1) is 0 Å². The first kappa shape index (κ1) is 15.4. The number of likely N-dealkylation sites (tertiary alicyclic amines) is 1. The van der Waals surface area contributed by atoms with Gasteiger partial charge in [0, 0.05) is 6.04 Å². The first-order valence-corrected chi connectivity index (χ1v) is 7.08. The minimum Gasteiger partial charge on any atom is -0.468 e. The Kier molecular flexibility index (Phi) is 6.09. The van der Waals surface area contributed by atoms with Crippen molar-refractivity contribution in [3.05, 3.63) is 0 Å². The number of esters is 1. The third-order valence-electron chi connectivity index (χ3n) is 3.98. The van der Waals surface area contributed by atoms with Crippen molar-refractivity contribution in [3.63, 3.8) is 0 Å². The molecule has 4 nitrogen and oxygen atoms in total. The van der Waals surface area contributed by atoms with Crippen molar-refractivity contribution in [1.29, 1.82) is 0 Å². The number of nitrogens with zero attached hydrogens (tertiary/aromatic N) is 1. The van der Waals surface area contributed by atoms with Gasteiger partial charge in [0.25, 0.3) is 0 Å². The van der Waals surface area contributed by atoms with Crippen LogP contribution < -0.4 is 5.73 Å². The highest BCUT2D eigenvalue weighted by Crippen LogP contribution is 2.18. The first-order chi connectivity index (χ1) is 8.47. The van der Waals surface area contributed by atoms with E-state index >= 15 is 0 Å². The van der Waals surface area contributed by atoms with Crippen molar-refractivity contribution >= 4 is 5.97 Å². The molecule has 18 heavy (non-hydrogen) atoms. The fourth-order valence-corrected chi connectivity index (χ4v) is 2.65. The lowest BCUT2D eigenvalue weighted by molar-refractivity contribution is -0.146. The van der Waals surface area contributed by atoms with Crippen molar-refractivity contribution in [2.75, 3.05) is 20.2 Å². The zero-order chi connectivity index (χ0) is 13.6. The van der Waals surface area contributed by atoms with Gasteiger partial charge in [-0.2, -0.15) is 0 Å². The lowest BCUT2D eigenvalue weighted by Gasteiger charge is -2.28. The number of carbonyl (C=O) groups is 1. The van der Waals surface area contributed by atoms with Gasteiger partial charge in [-0.3, -0.25) is 4.79 Å². The molecule has 1 saturated heterocycles. The summed E-state index contributed by atoms with van der Waals surface area (Å²) in [4.78, 5) is 14.0. The van der Waals surface area contributed by atoms with Crippen molar-refractivity contribution in [1.82, 2.24) is 4.90 Å². The minimum atomic E-state index is -0.843. The third-order valence-corrected chi connectivity index (χ3v) is 3.98. The van der Waals surface area contributed by atoms with Crippen molar-refractivity contribution < 1.29 is 9.53 Å². The third kappa shape index (κ3) is 4.58. The van der Waals surface area contributed by atoms with Gasteiger partial charge >= 0.3 is 5.97 Å². The van der Waals surface area contributed by atoms with Crippen LogP contribution >= 0.6 is 0 Å². The maximum absolute atomic E-state index is 11.5. The van der Waals surface area contributed by atoms with Crippen LogP contribution in [0.15, 0.2) is 0 Å². The Morgan fingerprint density at radius 2 is 2.17 bits per heavy atom. The quantitative estimate of drug-likeness (QED) is 0.764. The Bertz CT molecular complexity index is 267. The van der Waals surface area contributed by atoms with E-state index in [9.17, 15) is 4.79 Å². The van der Waals surface area contributed by atoms with Gasteiger partial charge in [0.2, 0.25) is 0 Å². The normalized spacial score (nSPS) is 25.2. The second kappa shape index (κ2) is 7.10. The molecule has 1 fully saturated rings. The maximum Gasteiger partial charge on any atom is 0.325 e. The number of methoxy groups -OCH3 is 1. The Hall–Kier alpha value is -0.610. The summed E-state index contributed by atoms with van der Waals surface area (Å²) in [6.07, 6.45) is 6.90. The van der Waals surface area contributed by atoms with E-state index in [0.29, 0.717) is 12.5 Å². The molecule has 0 aliphatic carbocycles. The number of rotatable bonds is 5. The lowest BCUT2D eigenvalue weighted by atomic mass is 9.97. The lowest BCUT2D eigenvalue weighted by Crippen LogP contribution is -2.46. The molecule has 0 saturated carbocycles. The molecule has 2 unspecified atom stereocenters. The van der Waals surface area contributed by atoms with E-state index in [-0.39, 0.29) is 5.97 Å². The maximum atomic E-state index is 11.5. The van der Waals surface area contributed by atoms with Crippen LogP contribution in [0.25, 0.3) is 0 Å². The number of hydrogen-bond donors (Lipinski definition) is 1. The summed E-state index contributed by atoms with van der Waals surface area (Å²) < 4.78 is 4.72. The van der Waals surface area contributed by atoms with Crippen LogP contribution in [-0.2, 0) is 9.53 Å². The van der Waals surface area contributed by atoms with Crippen LogP contribution in [0.4, 0.5) is 0 Å². The van der Waals surface area contributed by atoms with Gasteiger partial charge in [-0.25, -0.2) is 0 Å². The molecule has 0 amide bonds. The fourth-order valence-electron chi connectivity index (χ4n) is 2.65. The van der Waals surface area contributed by atoms with E-state index in [4.69, 9.17) is 10.5 Å². The molecule has 1 aliphatic heterocycles. The predicted octanol–water partition coefficient (Wildman–Crippen LogP) is 1.92. The molecule has 0 spiro atoms. The molecule has 2 atom stereocenters. The molecular formula is C14H28N2O2. The van der Waals surface area contributed by atoms with Crippen LogP contribution in [0, 0.1) is 0 Å². The molecule has 1 rings (SSSR count). The summed E-state index contributed by atoms with van der Waals surface area (Å²) in [6.45, 7) is 6.27. The van der Waals surface area contributed by atoms with E-state index in [1.54, 1.807) is 6.92 Å². The van der Waals surface area contributed by atoms with Gasteiger partial charge in [-0.1, -0.05) is 12.8 Å². The molecule has 4 heteroatoms. The molecule has 2 N–H and O–H groups in total. The van der Waals surface area contributed by atoms with E-state index in [1.165, 1.54) is 39.3 Å². The summed E-state index contributed by atoms with van der Waals surface area (Å²) in [5, 5.41) is 0. The van der Waals surface area contributed by atoms with Crippen LogP contribution in [0.1, 0.15) is 52.4 Å². The molecule has 106 valence electrons. The van der Waals surface area contributed by atoms with Gasteiger partial charge in [0.1, 0.15) is 5.54 Å². The molecule has 0 aromatic heterocycles. The summed E-state index contributed by atoms with van der Waals surface area (Å²) >= 11 is 0. The monoisotopic (exact) mass is 256 g/mol. The van der Waals surface area contributed by atoms with Crippen molar-refractivity contribution in [3.8, 4) is 0 Å². The van der Waals surface area contributed by atoms with Crippen molar-refractivity contribution in [2.24, 2.45) is 5.73 Å². The number of carbonyl (C=O) groups excluding carboxylic acids is 1. The van der Waals surface area contributed by atoms with E-state index in [2.05, 4.69) is 11.8 Å². The van der Waals surface area contributed by atoms with Crippen LogP contribution in [-0.4, -0.2) is 42.6 Å². The minimum absolute atomic E-state index is 0.314. The zero-order valence-corrected chi connectivity index (χ0v) is 12.1. The Morgan fingerprint density at radius 3 is 2.83 bits per heavy atom. The highest BCUT2D eigenvalue weighted by Gasteiger charge is 2.29. The smallest absolute Gasteiger partial charge is 0.325 e. The topological polar surface area (TPSA) is 55.6 Å². The summed E-state index contributed by atoms with van der Waals surface area (Å²) in [6, 6.07) is 0.662. The first-order valence-electron chi connectivity index (χ1n) is 7.08. The molecular weight excluding hydrogens is 228 g/mol. The Labute approximate surface area is 111 Å². The second-order valence-electron chi connectivity index (χ2n) is 5.75. The molecule has 0 radical (unpaired) electrons. The van der Waals surface area contributed by atoms with Gasteiger partial charge in [0.15, 0.2) is 0 Å². The van der Waals surface area contributed by atoms with E-state index in [1.807, 2.05) is 0 Å². The van der Waals surface area contributed by atoms with Gasteiger partial charge in [-0.05, 0) is 52.6 Å². The van der Waals surface area contributed by atoms with E-state index in [0.717, 1.165) is 13.0 Å². The highest BCUT2D eigenvalue weighted by atomic mass is 16.5. The van der Waals surface area contributed by atoms with Gasteiger partial charge < -0.3 is 15.4 Å². The van der Waals surface area contributed by atoms with Crippen LogP contribution in [0.2, 0.25) is 0 Å². The molecule has 1 heterocycles. The molecule has 1 aliphatic rings. The van der Waals surface area contributed by atoms with Gasteiger partial charge in [0.05, 0.1) is 7.11 Å². The second-order valence-corrected chi connectivity index (χ2v) is 5.75. The number of nitrogens with two attached hydrogens (primary N) is 1. The molecule has 0 aromatic rings. The zero-order valence-electron chi connectivity index (χ0n) is 12.1.